The Balaban J connectivity index is 1.43. The molecule has 2 amide bonds. The van der Waals surface area contributed by atoms with Crippen LogP contribution in [0.15, 0.2) is 37.1 Å². The number of anilines is 1. The van der Waals surface area contributed by atoms with Gasteiger partial charge in [-0.05, 0) is 19.1 Å². The molecule has 0 aliphatic heterocycles. The Kier molecular flexibility index (Phi) is 5.76. The molecule has 0 aliphatic carbocycles. The van der Waals surface area contributed by atoms with E-state index in [0.717, 1.165) is 29.7 Å². The molecule has 4 aromatic heterocycles. The van der Waals surface area contributed by atoms with Crippen LogP contribution in [-0.4, -0.2) is 41.5 Å². The van der Waals surface area contributed by atoms with Crippen LogP contribution < -0.4 is 10.6 Å². The van der Waals surface area contributed by atoms with Crippen molar-refractivity contribution in [2.24, 2.45) is 7.05 Å². The molecule has 4 aromatic rings. The molecule has 1 unspecified atom stereocenters. The molecular formula is C19H15F3N8O2S. The highest BCUT2D eigenvalue weighted by Crippen LogP contribution is 2.28. The maximum absolute atomic E-state index is 12.7. The first-order valence-corrected chi connectivity index (χ1v) is 10.2. The number of pyridine rings is 1. The fourth-order valence-electron chi connectivity index (χ4n) is 2.89. The standard InChI is InChI=1S/C19H15F3N8O2S/c1-9(28-17(32)14-11-6-27-30(2)15(11)26-8-25-14)18-24-7-12(33-18)16(31)29-10-3-4-13(23-5-10)19(20,21)22/h3-9H,1-2H3,(H,28,32)(H,29,31). The second-order valence-corrected chi connectivity index (χ2v) is 7.93. The van der Waals surface area contributed by atoms with E-state index in [1.807, 2.05) is 0 Å². The summed E-state index contributed by atoms with van der Waals surface area (Å²) in [5.74, 6) is -1.02. The van der Waals surface area contributed by atoms with Crippen molar-refractivity contribution in [3.05, 3.63) is 58.3 Å². The zero-order valence-corrected chi connectivity index (χ0v) is 17.9. The maximum atomic E-state index is 12.7. The van der Waals surface area contributed by atoms with Crippen LogP contribution in [0.3, 0.4) is 0 Å². The minimum Gasteiger partial charge on any atom is -0.342 e. The van der Waals surface area contributed by atoms with E-state index in [0.29, 0.717) is 16.0 Å². The summed E-state index contributed by atoms with van der Waals surface area (Å²) in [5.41, 5.74) is -0.288. The number of aryl methyl sites for hydroxylation is 1. The van der Waals surface area contributed by atoms with E-state index in [9.17, 15) is 22.8 Å². The van der Waals surface area contributed by atoms with Gasteiger partial charge in [0.2, 0.25) is 0 Å². The molecule has 33 heavy (non-hydrogen) atoms. The van der Waals surface area contributed by atoms with Crippen LogP contribution in [0.5, 0.6) is 0 Å². The van der Waals surface area contributed by atoms with E-state index in [1.54, 1.807) is 14.0 Å². The Bertz CT molecular complexity index is 1330. The fourth-order valence-corrected chi connectivity index (χ4v) is 3.71. The van der Waals surface area contributed by atoms with Crippen LogP contribution in [-0.2, 0) is 13.2 Å². The van der Waals surface area contributed by atoms with Gasteiger partial charge in [0.25, 0.3) is 11.8 Å². The number of hydrogen-bond donors (Lipinski definition) is 2. The van der Waals surface area contributed by atoms with Crippen molar-refractivity contribution < 1.29 is 22.8 Å². The smallest absolute Gasteiger partial charge is 0.342 e. The normalized spacial score (nSPS) is 12.5. The van der Waals surface area contributed by atoms with Gasteiger partial charge in [0.15, 0.2) is 5.65 Å². The van der Waals surface area contributed by atoms with Crippen molar-refractivity contribution in [1.82, 2.24) is 35.0 Å². The number of aromatic nitrogens is 6. The molecule has 4 heterocycles. The molecule has 2 N–H and O–H groups in total. The van der Waals surface area contributed by atoms with Gasteiger partial charge in [0, 0.05) is 7.05 Å². The topological polar surface area (TPSA) is 128 Å². The van der Waals surface area contributed by atoms with Gasteiger partial charge in [-0.1, -0.05) is 0 Å². The predicted molar refractivity (Wildman–Crippen MR) is 111 cm³/mol. The van der Waals surface area contributed by atoms with Gasteiger partial charge < -0.3 is 10.6 Å². The highest BCUT2D eigenvalue weighted by molar-refractivity contribution is 7.13. The van der Waals surface area contributed by atoms with E-state index in [1.165, 1.54) is 23.4 Å². The maximum Gasteiger partial charge on any atom is 0.433 e. The van der Waals surface area contributed by atoms with Crippen LogP contribution >= 0.6 is 11.3 Å². The summed E-state index contributed by atoms with van der Waals surface area (Å²) < 4.78 is 39.3. The zero-order chi connectivity index (χ0) is 23.8. The van der Waals surface area contributed by atoms with Gasteiger partial charge in [0.1, 0.15) is 27.6 Å². The summed E-state index contributed by atoms with van der Waals surface area (Å²) in [4.78, 5) is 40.9. The van der Waals surface area contributed by atoms with Crippen molar-refractivity contribution in [3.8, 4) is 0 Å². The van der Waals surface area contributed by atoms with Gasteiger partial charge in [-0.3, -0.25) is 14.3 Å². The quantitative estimate of drug-likeness (QED) is 0.453. The summed E-state index contributed by atoms with van der Waals surface area (Å²) in [6.07, 6.45) is 0.443. The van der Waals surface area contributed by atoms with Crippen LogP contribution in [0.1, 0.15) is 43.8 Å². The molecule has 0 saturated heterocycles. The number of halogens is 3. The number of hydrogen-bond acceptors (Lipinski definition) is 8. The minimum absolute atomic E-state index is 0.105. The number of fused-ring (bicyclic) bond motifs is 1. The van der Waals surface area contributed by atoms with Gasteiger partial charge >= 0.3 is 6.18 Å². The Morgan fingerprint density at radius 1 is 1.06 bits per heavy atom. The highest BCUT2D eigenvalue weighted by Gasteiger charge is 2.32. The van der Waals surface area contributed by atoms with E-state index in [4.69, 9.17) is 0 Å². The Labute approximate surface area is 187 Å². The first-order chi connectivity index (χ1) is 15.6. The SMILES string of the molecule is CC(NC(=O)c1ncnc2c1cnn2C)c1ncc(C(=O)Nc2ccc(C(F)(F)F)nc2)s1. The first-order valence-electron chi connectivity index (χ1n) is 9.37. The molecule has 1 atom stereocenters. The van der Waals surface area contributed by atoms with E-state index in [2.05, 4.69) is 35.7 Å². The third-order valence-electron chi connectivity index (χ3n) is 4.52. The average Bonchev–Trinajstić information content (AvgIpc) is 3.41. The minimum atomic E-state index is -4.57. The predicted octanol–water partition coefficient (Wildman–Crippen LogP) is 2.98. The molecule has 4 rings (SSSR count). The largest absolute Gasteiger partial charge is 0.433 e. The van der Waals surface area contributed by atoms with Crippen molar-refractivity contribution in [2.45, 2.75) is 19.1 Å². The lowest BCUT2D eigenvalue weighted by atomic mass is 10.2. The number of alkyl halides is 3. The Hall–Kier alpha value is -3.94. The number of carbonyl (C=O) groups excluding carboxylic acids is 2. The number of nitrogens with zero attached hydrogens (tertiary/aromatic N) is 6. The lowest BCUT2D eigenvalue weighted by Crippen LogP contribution is -2.27. The lowest BCUT2D eigenvalue weighted by molar-refractivity contribution is -0.141. The van der Waals surface area contributed by atoms with Crippen LogP contribution in [0.25, 0.3) is 11.0 Å². The van der Waals surface area contributed by atoms with Gasteiger partial charge in [0.05, 0.1) is 35.7 Å². The van der Waals surface area contributed by atoms with Gasteiger partial charge in [-0.15, -0.1) is 11.3 Å². The van der Waals surface area contributed by atoms with Crippen LogP contribution in [0, 0.1) is 0 Å². The molecule has 0 aliphatic rings. The molecule has 14 heteroatoms. The molecule has 0 radical (unpaired) electrons. The van der Waals surface area contributed by atoms with Crippen LogP contribution in [0.2, 0.25) is 0 Å². The molecular weight excluding hydrogens is 461 g/mol. The Morgan fingerprint density at radius 3 is 2.55 bits per heavy atom. The van der Waals surface area contributed by atoms with Gasteiger partial charge in [-0.25, -0.2) is 19.9 Å². The third kappa shape index (κ3) is 4.64. The molecule has 0 aromatic carbocycles. The van der Waals surface area contributed by atoms with Crippen molar-refractivity contribution in [2.75, 3.05) is 5.32 Å². The van der Waals surface area contributed by atoms with Crippen molar-refractivity contribution in [1.29, 1.82) is 0 Å². The number of thiazole rings is 1. The monoisotopic (exact) mass is 476 g/mol. The van der Waals surface area contributed by atoms with Crippen molar-refractivity contribution in [3.63, 3.8) is 0 Å². The molecule has 170 valence electrons. The van der Waals surface area contributed by atoms with Crippen molar-refractivity contribution >= 4 is 39.9 Å². The molecule has 0 fully saturated rings. The highest BCUT2D eigenvalue weighted by atomic mass is 32.1. The van der Waals surface area contributed by atoms with E-state index < -0.39 is 29.7 Å². The van der Waals surface area contributed by atoms with E-state index in [-0.39, 0.29) is 16.3 Å². The molecule has 0 spiro atoms. The lowest BCUT2D eigenvalue weighted by Gasteiger charge is -2.11. The summed E-state index contributed by atoms with van der Waals surface area (Å²) >= 11 is 1.03. The fraction of sp³-hybridized carbons (Fsp3) is 0.211. The average molecular weight is 476 g/mol. The zero-order valence-electron chi connectivity index (χ0n) is 17.1. The number of amides is 2. The summed E-state index contributed by atoms with van der Waals surface area (Å²) in [7, 11) is 1.70. The third-order valence-corrected chi connectivity index (χ3v) is 5.70. The van der Waals surface area contributed by atoms with Gasteiger partial charge in [-0.2, -0.15) is 18.3 Å². The number of nitrogens with one attached hydrogen (secondary N) is 2. The second kappa shape index (κ2) is 8.54. The molecule has 0 bridgehead atoms. The summed E-state index contributed by atoms with van der Waals surface area (Å²) in [5, 5.41) is 10.3. The first kappa shape index (κ1) is 22.3. The van der Waals surface area contributed by atoms with Crippen LogP contribution in [0.4, 0.5) is 18.9 Å². The number of rotatable bonds is 5. The van der Waals surface area contributed by atoms with E-state index >= 15 is 0 Å². The number of carbonyl (C=O) groups is 2. The Morgan fingerprint density at radius 2 is 1.85 bits per heavy atom. The molecule has 10 nitrogen and oxygen atoms in total. The second-order valence-electron chi connectivity index (χ2n) is 6.87. The summed E-state index contributed by atoms with van der Waals surface area (Å²) in [6.45, 7) is 1.69. The molecule has 0 saturated carbocycles. The summed E-state index contributed by atoms with van der Waals surface area (Å²) in [6, 6.07) is 1.34.